The lowest BCUT2D eigenvalue weighted by Crippen LogP contribution is -2.04. The van der Waals surface area contributed by atoms with Gasteiger partial charge in [0, 0.05) is 31.1 Å². The smallest absolute Gasteiger partial charge is 0.305 e. The van der Waals surface area contributed by atoms with Crippen LogP contribution in [0.5, 0.6) is 0 Å². The van der Waals surface area contributed by atoms with Gasteiger partial charge in [0.15, 0.2) is 0 Å². The third-order valence-corrected chi connectivity index (χ3v) is 5.98. The van der Waals surface area contributed by atoms with Crippen molar-refractivity contribution in [2.24, 2.45) is 0 Å². The first-order valence-electron chi connectivity index (χ1n) is 13.2. The second-order valence-corrected chi connectivity index (χ2v) is 8.99. The summed E-state index contributed by atoms with van der Waals surface area (Å²) in [5.74, 6) is -0.398. The fourth-order valence-electron chi connectivity index (χ4n) is 3.83. The van der Waals surface area contributed by atoms with E-state index in [-0.39, 0.29) is 11.9 Å². The van der Waals surface area contributed by atoms with E-state index in [0.29, 0.717) is 13.0 Å². The van der Waals surface area contributed by atoms with Crippen molar-refractivity contribution in [1.29, 1.82) is 0 Å². The maximum absolute atomic E-state index is 11.2. The van der Waals surface area contributed by atoms with Crippen molar-refractivity contribution in [1.82, 2.24) is 9.78 Å². The van der Waals surface area contributed by atoms with Gasteiger partial charge < -0.3 is 14.6 Å². The van der Waals surface area contributed by atoms with Crippen molar-refractivity contribution >= 4 is 18.0 Å². The Labute approximate surface area is 211 Å². The number of esters is 2. The first-order chi connectivity index (χ1) is 16.9. The number of aliphatic hydroxyl groups is 1. The molecule has 7 heteroatoms. The Hall–Kier alpha value is -2.41. The van der Waals surface area contributed by atoms with Gasteiger partial charge in [-0.05, 0) is 57.9 Å². The molecule has 1 aromatic heterocycles. The molecule has 1 N–H and O–H groups in total. The molecule has 0 saturated heterocycles. The highest BCUT2D eigenvalue weighted by atomic mass is 16.5. The molecular weight excluding hydrogens is 444 g/mol. The molecule has 1 atom stereocenters. The highest BCUT2D eigenvalue weighted by molar-refractivity contribution is 5.69. The third kappa shape index (κ3) is 13.9. The van der Waals surface area contributed by atoms with Crippen molar-refractivity contribution < 1.29 is 24.2 Å². The molecule has 0 bridgehead atoms. The summed E-state index contributed by atoms with van der Waals surface area (Å²) in [4.78, 5) is 22.1. The number of unbranched alkanes of at least 4 members (excludes halogenated alkanes) is 6. The predicted octanol–water partition coefficient (Wildman–Crippen LogP) is 5.71. The summed E-state index contributed by atoms with van der Waals surface area (Å²) in [6.45, 7) is 7.02. The topological polar surface area (TPSA) is 90.6 Å². The van der Waals surface area contributed by atoms with Crippen molar-refractivity contribution in [2.45, 2.75) is 110 Å². The number of aryl methyl sites for hydroxylation is 1. The number of carbonyl (C=O) groups is 2. The Morgan fingerprint density at radius 2 is 1.86 bits per heavy atom. The van der Waals surface area contributed by atoms with Gasteiger partial charge in [-0.3, -0.25) is 14.3 Å². The summed E-state index contributed by atoms with van der Waals surface area (Å²) in [6.07, 6.45) is 18.4. The summed E-state index contributed by atoms with van der Waals surface area (Å²) >= 11 is 0. The lowest BCUT2D eigenvalue weighted by molar-refractivity contribution is -0.141. The van der Waals surface area contributed by atoms with E-state index in [2.05, 4.69) is 35.4 Å². The number of nitrogens with zero attached hydrogens (tertiary/aromatic N) is 2. The molecule has 1 heterocycles. The second-order valence-electron chi connectivity index (χ2n) is 8.99. The van der Waals surface area contributed by atoms with E-state index in [1.807, 2.05) is 12.2 Å². The fourth-order valence-corrected chi connectivity index (χ4v) is 3.83. The zero-order valence-electron chi connectivity index (χ0n) is 22.3. The summed E-state index contributed by atoms with van der Waals surface area (Å²) in [6, 6.07) is 0. The highest BCUT2D eigenvalue weighted by Crippen LogP contribution is 2.19. The number of aromatic nitrogens is 2. The van der Waals surface area contributed by atoms with E-state index in [1.165, 1.54) is 19.6 Å². The largest absolute Gasteiger partial charge is 0.469 e. The predicted molar refractivity (Wildman–Crippen MR) is 140 cm³/mol. The maximum atomic E-state index is 11.2. The molecule has 1 aromatic rings. The van der Waals surface area contributed by atoms with Gasteiger partial charge >= 0.3 is 11.9 Å². The Morgan fingerprint density at radius 1 is 1.09 bits per heavy atom. The van der Waals surface area contributed by atoms with Crippen LogP contribution >= 0.6 is 0 Å². The standard InChI is InChI=1S/C28H46N2O5/c1-5-6-11-16-25(32)19-20-27-26(17-12-7-8-13-18-28(33)34-4)23(2)30(29-27)21-14-9-10-15-22-35-24(3)31/h7,12,19-20,25,32H,5-6,8-11,13-18,21-22H2,1-4H3. The number of ether oxygens (including phenoxy) is 2. The molecule has 0 aliphatic rings. The third-order valence-electron chi connectivity index (χ3n) is 5.98. The summed E-state index contributed by atoms with van der Waals surface area (Å²) in [5, 5.41) is 15.2. The molecule has 0 amide bonds. The van der Waals surface area contributed by atoms with Gasteiger partial charge in [0.1, 0.15) is 0 Å². The molecule has 198 valence electrons. The van der Waals surface area contributed by atoms with Crippen molar-refractivity contribution in [3.63, 3.8) is 0 Å². The Morgan fingerprint density at radius 3 is 2.57 bits per heavy atom. The van der Waals surface area contributed by atoms with Crippen LogP contribution in [0.2, 0.25) is 0 Å². The number of rotatable bonds is 19. The molecule has 0 aliphatic carbocycles. The molecule has 0 aromatic carbocycles. The highest BCUT2D eigenvalue weighted by Gasteiger charge is 2.12. The molecule has 1 unspecified atom stereocenters. The van der Waals surface area contributed by atoms with Crippen LogP contribution in [0.1, 0.15) is 101 Å². The first kappa shape index (κ1) is 30.6. The number of aliphatic hydroxyl groups excluding tert-OH is 1. The number of hydrogen-bond donors (Lipinski definition) is 1. The zero-order valence-corrected chi connectivity index (χ0v) is 22.3. The van der Waals surface area contributed by atoms with Crippen LogP contribution in [0, 0.1) is 6.92 Å². The van der Waals surface area contributed by atoms with Gasteiger partial charge in [0.05, 0.1) is 25.5 Å². The molecular formula is C28H46N2O5. The Bertz CT molecular complexity index is 798. The molecule has 0 radical (unpaired) electrons. The number of methoxy groups -OCH3 is 1. The van der Waals surface area contributed by atoms with Gasteiger partial charge in [-0.2, -0.15) is 5.10 Å². The SMILES string of the molecule is CCCCCC(O)C=Cc1nn(CCCCCCOC(C)=O)c(C)c1CC=CCCCC(=O)OC. The van der Waals surface area contributed by atoms with Crippen LogP contribution < -0.4 is 0 Å². The van der Waals surface area contributed by atoms with Crippen LogP contribution in [0.4, 0.5) is 0 Å². The lowest BCUT2D eigenvalue weighted by Gasteiger charge is -2.05. The lowest BCUT2D eigenvalue weighted by atomic mass is 10.1. The number of allylic oxidation sites excluding steroid dienone is 2. The number of carbonyl (C=O) groups excluding carboxylic acids is 2. The Kier molecular flexibility index (Phi) is 16.5. The minimum Gasteiger partial charge on any atom is -0.469 e. The van der Waals surface area contributed by atoms with Gasteiger partial charge in [0.25, 0.3) is 0 Å². The zero-order chi connectivity index (χ0) is 25.9. The molecule has 0 fully saturated rings. The quantitative estimate of drug-likeness (QED) is 0.152. The first-order valence-corrected chi connectivity index (χ1v) is 13.2. The fraction of sp³-hybridized carbons (Fsp3) is 0.679. The molecule has 0 spiro atoms. The average Bonchev–Trinajstić information content (AvgIpc) is 3.13. The minimum atomic E-state index is -0.453. The van der Waals surface area contributed by atoms with E-state index in [1.54, 1.807) is 0 Å². The molecule has 0 saturated carbocycles. The van der Waals surface area contributed by atoms with Crippen molar-refractivity contribution in [2.75, 3.05) is 13.7 Å². The minimum absolute atomic E-state index is 0.174. The summed E-state index contributed by atoms with van der Waals surface area (Å²) in [5.41, 5.74) is 3.22. The second kappa shape index (κ2) is 18.9. The van der Waals surface area contributed by atoms with E-state index in [0.717, 1.165) is 88.6 Å². The monoisotopic (exact) mass is 490 g/mol. The van der Waals surface area contributed by atoms with E-state index in [4.69, 9.17) is 9.84 Å². The van der Waals surface area contributed by atoms with Crippen LogP contribution in [0.25, 0.3) is 6.08 Å². The molecule has 35 heavy (non-hydrogen) atoms. The van der Waals surface area contributed by atoms with Crippen LogP contribution in [0.3, 0.4) is 0 Å². The molecule has 0 aliphatic heterocycles. The number of hydrogen-bond acceptors (Lipinski definition) is 6. The van der Waals surface area contributed by atoms with E-state index >= 15 is 0 Å². The van der Waals surface area contributed by atoms with Gasteiger partial charge in [-0.15, -0.1) is 0 Å². The summed E-state index contributed by atoms with van der Waals surface area (Å²) in [7, 11) is 1.41. The summed E-state index contributed by atoms with van der Waals surface area (Å²) < 4.78 is 11.7. The van der Waals surface area contributed by atoms with Crippen molar-refractivity contribution in [3.8, 4) is 0 Å². The molecule has 1 rings (SSSR count). The van der Waals surface area contributed by atoms with Crippen LogP contribution in [0.15, 0.2) is 18.2 Å². The van der Waals surface area contributed by atoms with Gasteiger partial charge in [-0.1, -0.05) is 50.8 Å². The Balaban J connectivity index is 2.72. The van der Waals surface area contributed by atoms with Crippen LogP contribution in [-0.4, -0.2) is 46.6 Å². The molecule has 7 nitrogen and oxygen atoms in total. The normalized spacial score (nSPS) is 12.5. The average molecular weight is 491 g/mol. The maximum Gasteiger partial charge on any atom is 0.305 e. The van der Waals surface area contributed by atoms with Gasteiger partial charge in [-0.25, -0.2) is 0 Å². The van der Waals surface area contributed by atoms with E-state index < -0.39 is 6.10 Å². The van der Waals surface area contributed by atoms with Crippen LogP contribution in [-0.2, 0) is 32.0 Å². The van der Waals surface area contributed by atoms with Crippen molar-refractivity contribution in [3.05, 3.63) is 35.2 Å². The van der Waals surface area contributed by atoms with E-state index in [9.17, 15) is 14.7 Å². The van der Waals surface area contributed by atoms with Gasteiger partial charge in [0.2, 0.25) is 0 Å².